The van der Waals surface area contributed by atoms with E-state index in [0.717, 1.165) is 56.4 Å². The topological polar surface area (TPSA) is 66.8 Å². The molecule has 1 unspecified atom stereocenters. The molecule has 0 aliphatic carbocycles. The van der Waals surface area contributed by atoms with Crippen LogP contribution in [0.4, 0.5) is 0 Å². The molecule has 0 spiro atoms. The minimum atomic E-state index is -0.334. The van der Waals surface area contributed by atoms with Gasteiger partial charge < -0.3 is 14.7 Å². The van der Waals surface area contributed by atoms with Gasteiger partial charge in [0.15, 0.2) is 0 Å². The molecule has 0 saturated carbocycles. The number of methoxy groups -OCH3 is 1. The van der Waals surface area contributed by atoms with Crippen molar-refractivity contribution in [1.29, 1.82) is 0 Å². The van der Waals surface area contributed by atoms with Crippen molar-refractivity contribution < 1.29 is 19.4 Å². The Labute approximate surface area is 195 Å². The summed E-state index contributed by atoms with van der Waals surface area (Å²) in [7, 11) is 1.39. The van der Waals surface area contributed by atoms with E-state index in [4.69, 9.17) is 4.74 Å². The summed E-state index contributed by atoms with van der Waals surface area (Å²) in [4.78, 5) is 27.8. The third-order valence-corrected chi connectivity index (χ3v) is 7.63. The summed E-state index contributed by atoms with van der Waals surface area (Å²) >= 11 is 1.46. The highest BCUT2D eigenvalue weighted by molar-refractivity contribution is 7.13. The van der Waals surface area contributed by atoms with Crippen LogP contribution in [0.3, 0.4) is 0 Å². The second kappa shape index (κ2) is 12.2. The van der Waals surface area contributed by atoms with Gasteiger partial charge in [-0.15, -0.1) is 11.3 Å². The SMILES string of the molecule is COC(=O)c1ccc(CCCN2C(=O)CCC2CC[C@@H](O)[C@@H](C)CCc2ccccc2)s1. The molecule has 1 amide bonds. The minimum absolute atomic E-state index is 0.225. The zero-order chi connectivity index (χ0) is 22.9. The van der Waals surface area contributed by atoms with Crippen molar-refractivity contribution in [1.82, 2.24) is 4.90 Å². The average Bonchev–Trinajstić information content (AvgIpc) is 3.43. The summed E-state index contributed by atoms with van der Waals surface area (Å²) in [6, 6.07) is 14.4. The predicted octanol–water partition coefficient (Wildman–Crippen LogP) is 4.87. The number of rotatable bonds is 12. The van der Waals surface area contributed by atoms with Gasteiger partial charge in [-0.25, -0.2) is 4.79 Å². The monoisotopic (exact) mass is 457 g/mol. The molecule has 3 rings (SSSR count). The van der Waals surface area contributed by atoms with E-state index in [2.05, 4.69) is 31.2 Å². The van der Waals surface area contributed by atoms with Crippen LogP contribution in [0, 0.1) is 5.92 Å². The van der Waals surface area contributed by atoms with Crippen LogP contribution in [0.25, 0.3) is 0 Å². The first-order valence-electron chi connectivity index (χ1n) is 11.7. The predicted molar refractivity (Wildman–Crippen MR) is 128 cm³/mol. The fraction of sp³-hybridized carbons (Fsp3) is 0.538. The van der Waals surface area contributed by atoms with E-state index in [-0.39, 0.29) is 29.9 Å². The van der Waals surface area contributed by atoms with Gasteiger partial charge in [-0.05, 0) is 68.6 Å². The lowest BCUT2D eigenvalue weighted by Crippen LogP contribution is -2.35. The Balaban J connectivity index is 1.40. The van der Waals surface area contributed by atoms with Gasteiger partial charge in [0.05, 0.1) is 13.2 Å². The Kier molecular flexibility index (Phi) is 9.30. The van der Waals surface area contributed by atoms with Gasteiger partial charge >= 0.3 is 5.97 Å². The molecule has 1 fully saturated rings. The molecule has 1 aliphatic rings. The van der Waals surface area contributed by atoms with Crippen LogP contribution in [-0.2, 0) is 22.4 Å². The number of ether oxygens (including phenoxy) is 1. The number of nitrogens with zero attached hydrogens (tertiary/aromatic N) is 1. The van der Waals surface area contributed by atoms with Crippen LogP contribution in [0.1, 0.15) is 65.6 Å². The zero-order valence-electron chi connectivity index (χ0n) is 19.2. The maximum Gasteiger partial charge on any atom is 0.348 e. The smallest absolute Gasteiger partial charge is 0.348 e. The highest BCUT2D eigenvalue weighted by Crippen LogP contribution is 2.26. The van der Waals surface area contributed by atoms with E-state index in [9.17, 15) is 14.7 Å². The van der Waals surface area contributed by atoms with Crippen molar-refractivity contribution in [2.24, 2.45) is 5.92 Å². The first-order chi connectivity index (χ1) is 15.5. The van der Waals surface area contributed by atoms with Gasteiger partial charge in [-0.3, -0.25) is 4.79 Å². The van der Waals surface area contributed by atoms with Crippen LogP contribution in [0.15, 0.2) is 42.5 Å². The highest BCUT2D eigenvalue weighted by atomic mass is 32.1. The number of likely N-dealkylation sites (tertiary alicyclic amines) is 1. The third-order valence-electron chi connectivity index (χ3n) is 6.51. The standard InChI is InChI=1S/C26H35NO4S/c1-19(10-11-20-7-4-3-5-8-20)23(28)15-12-21-13-17-25(29)27(21)18-6-9-22-14-16-24(32-22)26(30)31-2/h3-5,7-8,14,16,19,21,23,28H,6,9-13,15,17-18H2,1-2H3/t19-,21?,23+/m0/s1. The Hall–Kier alpha value is -2.18. The average molecular weight is 458 g/mol. The number of esters is 1. The summed E-state index contributed by atoms with van der Waals surface area (Å²) in [6.07, 6.45) is 6.41. The number of hydrogen-bond acceptors (Lipinski definition) is 5. The highest BCUT2D eigenvalue weighted by Gasteiger charge is 2.31. The van der Waals surface area contributed by atoms with E-state index >= 15 is 0 Å². The van der Waals surface area contributed by atoms with Gasteiger partial charge in [0.1, 0.15) is 4.88 Å². The lowest BCUT2D eigenvalue weighted by molar-refractivity contribution is -0.129. The molecule has 1 N–H and O–H groups in total. The van der Waals surface area contributed by atoms with Gasteiger partial charge in [0.25, 0.3) is 0 Å². The molecule has 5 nitrogen and oxygen atoms in total. The van der Waals surface area contributed by atoms with Gasteiger partial charge in [0, 0.05) is 23.9 Å². The quantitative estimate of drug-likeness (QED) is 0.462. The molecule has 2 heterocycles. The molecule has 174 valence electrons. The lowest BCUT2D eigenvalue weighted by atomic mass is 9.92. The first kappa shape index (κ1) is 24.5. The van der Waals surface area contributed by atoms with Crippen molar-refractivity contribution in [3.05, 3.63) is 57.8 Å². The first-order valence-corrected chi connectivity index (χ1v) is 12.5. The Morgan fingerprint density at radius 3 is 2.72 bits per heavy atom. The normalized spacial score (nSPS) is 18.0. The van der Waals surface area contributed by atoms with Crippen molar-refractivity contribution >= 4 is 23.2 Å². The van der Waals surface area contributed by atoms with Gasteiger partial charge in [-0.1, -0.05) is 37.3 Å². The number of amides is 1. The van der Waals surface area contributed by atoms with Crippen LogP contribution in [-0.4, -0.2) is 47.7 Å². The van der Waals surface area contributed by atoms with E-state index in [0.29, 0.717) is 11.3 Å². The Bertz CT molecular complexity index is 866. The molecule has 1 aromatic heterocycles. The molecule has 2 aromatic rings. The Morgan fingerprint density at radius 1 is 1.19 bits per heavy atom. The molecule has 0 radical (unpaired) electrons. The number of thiophene rings is 1. The van der Waals surface area contributed by atoms with Crippen LogP contribution in [0.2, 0.25) is 0 Å². The fourth-order valence-corrected chi connectivity index (χ4v) is 5.39. The van der Waals surface area contributed by atoms with Gasteiger partial charge in [-0.2, -0.15) is 0 Å². The molecule has 0 bridgehead atoms. The minimum Gasteiger partial charge on any atom is -0.465 e. The number of benzene rings is 1. The van der Waals surface area contributed by atoms with Crippen molar-refractivity contribution in [2.75, 3.05) is 13.7 Å². The zero-order valence-corrected chi connectivity index (χ0v) is 20.0. The number of hydrogen-bond donors (Lipinski definition) is 1. The van der Waals surface area contributed by atoms with Gasteiger partial charge in [0.2, 0.25) is 5.91 Å². The van der Waals surface area contributed by atoms with Crippen LogP contribution in [0.5, 0.6) is 0 Å². The second-order valence-electron chi connectivity index (χ2n) is 8.79. The molecule has 1 aromatic carbocycles. The summed E-state index contributed by atoms with van der Waals surface area (Å²) in [5.74, 6) is 0.166. The molecule has 1 saturated heterocycles. The van der Waals surface area contributed by atoms with Crippen LogP contribution < -0.4 is 0 Å². The summed E-state index contributed by atoms with van der Waals surface area (Å²) in [6.45, 7) is 2.85. The summed E-state index contributed by atoms with van der Waals surface area (Å²) in [5, 5.41) is 10.7. The fourth-order valence-electron chi connectivity index (χ4n) is 4.43. The maximum atomic E-state index is 12.4. The van der Waals surface area contributed by atoms with Crippen LogP contribution >= 0.6 is 11.3 Å². The summed E-state index contributed by atoms with van der Waals surface area (Å²) in [5.41, 5.74) is 1.31. The maximum absolute atomic E-state index is 12.4. The Morgan fingerprint density at radius 2 is 1.97 bits per heavy atom. The van der Waals surface area contributed by atoms with E-state index in [1.165, 1.54) is 24.0 Å². The largest absolute Gasteiger partial charge is 0.465 e. The molecular weight excluding hydrogens is 422 g/mol. The number of aryl methyl sites for hydroxylation is 2. The molecule has 6 heteroatoms. The number of carbonyl (C=O) groups excluding carboxylic acids is 2. The second-order valence-corrected chi connectivity index (χ2v) is 9.96. The van der Waals surface area contributed by atoms with Crippen molar-refractivity contribution in [3.8, 4) is 0 Å². The van der Waals surface area contributed by atoms with E-state index in [1.807, 2.05) is 17.0 Å². The summed E-state index contributed by atoms with van der Waals surface area (Å²) < 4.78 is 4.76. The van der Waals surface area contributed by atoms with Crippen molar-refractivity contribution in [3.63, 3.8) is 0 Å². The lowest BCUT2D eigenvalue weighted by Gasteiger charge is -2.27. The number of aliphatic hydroxyl groups excluding tert-OH is 1. The molecular formula is C26H35NO4S. The van der Waals surface area contributed by atoms with Crippen molar-refractivity contribution in [2.45, 2.75) is 70.4 Å². The van der Waals surface area contributed by atoms with E-state index in [1.54, 1.807) is 6.07 Å². The molecule has 32 heavy (non-hydrogen) atoms. The number of aliphatic hydroxyl groups is 1. The molecule has 3 atom stereocenters. The number of carbonyl (C=O) groups is 2. The van der Waals surface area contributed by atoms with E-state index < -0.39 is 0 Å². The molecule has 1 aliphatic heterocycles. The third kappa shape index (κ3) is 6.91.